The quantitative estimate of drug-likeness (QED) is 0.375. The van der Waals surface area contributed by atoms with Crippen LogP contribution >= 0.6 is 0 Å². The minimum Gasteiger partial charge on any atom is -0.465 e. The van der Waals surface area contributed by atoms with Gasteiger partial charge in [-0.3, -0.25) is 9.59 Å². The molecule has 39 heavy (non-hydrogen) atoms. The van der Waals surface area contributed by atoms with E-state index in [4.69, 9.17) is 9.47 Å². The lowest BCUT2D eigenvalue weighted by atomic mass is 9.32. The summed E-state index contributed by atoms with van der Waals surface area (Å²) >= 11 is 0. The second-order valence-electron chi connectivity index (χ2n) is 16.6. The molecule has 5 saturated carbocycles. The summed E-state index contributed by atoms with van der Waals surface area (Å²) in [4.78, 5) is 23.9. The molecule has 0 aliphatic heterocycles. The van der Waals surface area contributed by atoms with E-state index in [-0.39, 0.29) is 51.0 Å². The summed E-state index contributed by atoms with van der Waals surface area (Å²) < 4.78 is 11.7. The SMILES string of the molecule is CC(=O)OC[C@@]12CC[C@@H](C(C)(C)O)[C@@H]1[C@H]1CC[C@H]3[C@@]4(C)CC[C@H](OC(C)=O)C(C)(C)[C@H]4CC[C@]3(C)[C@]1(C)CC2. The van der Waals surface area contributed by atoms with Gasteiger partial charge in [0, 0.05) is 24.7 Å². The smallest absolute Gasteiger partial charge is 0.302 e. The van der Waals surface area contributed by atoms with Gasteiger partial charge in [0.15, 0.2) is 0 Å². The van der Waals surface area contributed by atoms with Gasteiger partial charge in [0.05, 0.1) is 12.2 Å². The Morgan fingerprint density at radius 2 is 1.49 bits per heavy atom. The molecule has 0 bridgehead atoms. The number of fused-ring (bicyclic) bond motifs is 7. The van der Waals surface area contributed by atoms with Crippen molar-refractivity contribution in [3.63, 3.8) is 0 Å². The summed E-state index contributed by atoms with van der Waals surface area (Å²) in [5.74, 6) is 2.01. The van der Waals surface area contributed by atoms with Crippen LogP contribution in [0.1, 0.15) is 127 Å². The van der Waals surface area contributed by atoms with Crippen molar-refractivity contribution in [2.75, 3.05) is 6.61 Å². The Morgan fingerprint density at radius 1 is 0.795 bits per heavy atom. The standard InChI is InChI=1S/C34H56O5/c1-21(35)38-20-34-17-12-23(30(5,6)37)28(34)24-10-11-26-31(7)15-14-27(39-22(2)36)29(3,4)25(31)13-16-33(26,9)32(24,8)18-19-34/h23-28,37H,10-20H2,1-9H3/t23-,24-,25-,26+,27+,28-,31+,32-,33+,34+/m1/s1. The first kappa shape index (κ1) is 29.4. The van der Waals surface area contributed by atoms with E-state index in [0.29, 0.717) is 30.3 Å². The number of aliphatic hydroxyl groups is 1. The molecule has 10 atom stereocenters. The second kappa shape index (κ2) is 9.20. The average molecular weight is 545 g/mol. The summed E-state index contributed by atoms with van der Waals surface area (Å²) in [6, 6.07) is 0. The lowest BCUT2D eigenvalue weighted by Gasteiger charge is -2.73. The monoisotopic (exact) mass is 544 g/mol. The maximum atomic E-state index is 11.9. The molecule has 222 valence electrons. The largest absolute Gasteiger partial charge is 0.465 e. The van der Waals surface area contributed by atoms with Crippen molar-refractivity contribution in [1.29, 1.82) is 0 Å². The fourth-order valence-corrected chi connectivity index (χ4v) is 12.4. The normalized spacial score (nSPS) is 48.7. The minimum atomic E-state index is -0.735. The van der Waals surface area contributed by atoms with Gasteiger partial charge in [-0.15, -0.1) is 0 Å². The molecule has 0 spiro atoms. The van der Waals surface area contributed by atoms with E-state index in [1.807, 2.05) is 13.8 Å². The van der Waals surface area contributed by atoms with Crippen molar-refractivity contribution in [2.24, 2.45) is 56.7 Å². The molecule has 0 radical (unpaired) electrons. The Morgan fingerprint density at radius 3 is 2.10 bits per heavy atom. The Kier molecular flexibility index (Phi) is 6.93. The van der Waals surface area contributed by atoms with Crippen LogP contribution in [0.4, 0.5) is 0 Å². The Labute approximate surface area is 237 Å². The molecule has 5 rings (SSSR count). The molecule has 5 aliphatic carbocycles. The molecule has 0 aromatic rings. The van der Waals surface area contributed by atoms with Crippen LogP contribution in [0, 0.1) is 56.7 Å². The van der Waals surface area contributed by atoms with Crippen LogP contribution in [0.3, 0.4) is 0 Å². The summed E-state index contributed by atoms with van der Waals surface area (Å²) in [5, 5.41) is 11.4. The van der Waals surface area contributed by atoms with E-state index in [0.717, 1.165) is 32.1 Å². The highest BCUT2D eigenvalue weighted by Crippen LogP contribution is 2.77. The lowest BCUT2D eigenvalue weighted by Crippen LogP contribution is -2.67. The van der Waals surface area contributed by atoms with E-state index in [2.05, 4.69) is 34.6 Å². The van der Waals surface area contributed by atoms with Gasteiger partial charge in [-0.25, -0.2) is 0 Å². The van der Waals surface area contributed by atoms with Crippen molar-refractivity contribution < 1.29 is 24.2 Å². The Hall–Kier alpha value is -1.10. The molecule has 0 heterocycles. The van der Waals surface area contributed by atoms with Crippen LogP contribution in [-0.4, -0.2) is 35.4 Å². The molecule has 5 heteroatoms. The van der Waals surface area contributed by atoms with Crippen molar-refractivity contribution >= 4 is 11.9 Å². The van der Waals surface area contributed by atoms with Gasteiger partial charge in [-0.05, 0) is 124 Å². The molecule has 0 aromatic heterocycles. The van der Waals surface area contributed by atoms with Crippen LogP contribution < -0.4 is 0 Å². The molecular formula is C34H56O5. The highest BCUT2D eigenvalue weighted by molar-refractivity contribution is 5.66. The number of ether oxygens (including phenoxy) is 2. The molecule has 5 aliphatic rings. The van der Waals surface area contributed by atoms with Gasteiger partial charge >= 0.3 is 11.9 Å². The molecule has 0 saturated heterocycles. The molecular weight excluding hydrogens is 488 g/mol. The van der Waals surface area contributed by atoms with Crippen molar-refractivity contribution in [1.82, 2.24) is 0 Å². The predicted octanol–water partition coefficient (Wildman–Crippen LogP) is 7.33. The zero-order chi connectivity index (χ0) is 28.8. The third kappa shape index (κ3) is 4.16. The fourth-order valence-electron chi connectivity index (χ4n) is 12.4. The van der Waals surface area contributed by atoms with Crippen LogP contribution in [0.15, 0.2) is 0 Å². The summed E-state index contributed by atoms with van der Waals surface area (Å²) in [7, 11) is 0. The summed E-state index contributed by atoms with van der Waals surface area (Å²) in [6.07, 6.45) is 11.3. The molecule has 0 amide bonds. The van der Waals surface area contributed by atoms with Gasteiger partial charge in [0.2, 0.25) is 0 Å². The van der Waals surface area contributed by atoms with Gasteiger partial charge < -0.3 is 14.6 Å². The molecule has 1 N–H and O–H groups in total. The van der Waals surface area contributed by atoms with E-state index in [1.54, 1.807) is 6.92 Å². The van der Waals surface area contributed by atoms with Crippen LogP contribution in [0.2, 0.25) is 0 Å². The molecule has 5 fully saturated rings. The van der Waals surface area contributed by atoms with Crippen LogP contribution in [0.25, 0.3) is 0 Å². The Balaban J connectivity index is 1.50. The fraction of sp³-hybridized carbons (Fsp3) is 0.941. The lowest BCUT2D eigenvalue weighted by molar-refractivity contribution is -0.255. The minimum absolute atomic E-state index is 0.00507. The number of esters is 2. The number of carbonyl (C=O) groups is 2. The number of rotatable bonds is 4. The maximum absolute atomic E-state index is 11.9. The zero-order valence-electron chi connectivity index (χ0n) is 26.3. The van der Waals surface area contributed by atoms with E-state index in [1.165, 1.54) is 39.0 Å². The number of carbonyl (C=O) groups excluding carboxylic acids is 2. The van der Waals surface area contributed by atoms with Gasteiger partial charge in [-0.1, -0.05) is 34.6 Å². The second-order valence-corrected chi connectivity index (χ2v) is 16.6. The molecule has 0 unspecified atom stereocenters. The Bertz CT molecular complexity index is 996. The van der Waals surface area contributed by atoms with Crippen molar-refractivity contribution in [3.8, 4) is 0 Å². The third-order valence-electron chi connectivity index (χ3n) is 14.3. The summed E-state index contributed by atoms with van der Waals surface area (Å²) in [5.41, 5.74) is -0.110. The van der Waals surface area contributed by atoms with Gasteiger partial charge in [0.25, 0.3) is 0 Å². The van der Waals surface area contributed by atoms with Gasteiger partial charge in [0.1, 0.15) is 6.10 Å². The molecule has 0 aromatic carbocycles. The topological polar surface area (TPSA) is 72.8 Å². The third-order valence-corrected chi connectivity index (χ3v) is 14.3. The highest BCUT2D eigenvalue weighted by atomic mass is 16.5. The van der Waals surface area contributed by atoms with Gasteiger partial charge in [-0.2, -0.15) is 0 Å². The highest BCUT2D eigenvalue weighted by Gasteiger charge is 2.71. The van der Waals surface area contributed by atoms with E-state index in [9.17, 15) is 14.7 Å². The zero-order valence-corrected chi connectivity index (χ0v) is 26.3. The predicted molar refractivity (Wildman–Crippen MR) is 153 cm³/mol. The maximum Gasteiger partial charge on any atom is 0.302 e. The number of hydrogen-bond donors (Lipinski definition) is 1. The van der Waals surface area contributed by atoms with Crippen LogP contribution in [-0.2, 0) is 19.1 Å². The van der Waals surface area contributed by atoms with Crippen molar-refractivity contribution in [2.45, 2.75) is 138 Å². The van der Waals surface area contributed by atoms with E-state index >= 15 is 0 Å². The van der Waals surface area contributed by atoms with Crippen LogP contribution in [0.5, 0.6) is 0 Å². The first-order chi connectivity index (χ1) is 17.9. The molecule has 5 nitrogen and oxygen atoms in total. The average Bonchev–Trinajstić information content (AvgIpc) is 3.20. The van der Waals surface area contributed by atoms with E-state index < -0.39 is 5.60 Å². The first-order valence-electron chi connectivity index (χ1n) is 16.0. The summed E-state index contributed by atoms with van der Waals surface area (Å²) in [6.45, 7) is 20.1. The number of hydrogen-bond acceptors (Lipinski definition) is 5. The first-order valence-corrected chi connectivity index (χ1v) is 16.0. The van der Waals surface area contributed by atoms with Crippen molar-refractivity contribution in [3.05, 3.63) is 0 Å².